The Morgan fingerprint density at radius 3 is 2.67 bits per heavy atom. The third-order valence-corrected chi connectivity index (χ3v) is 2.94. The minimum atomic E-state index is 0.314. The number of rotatable bonds is 8. The maximum absolute atomic E-state index is 5.66. The largest absolute Gasteiger partial charge is 0.379 e. The molecule has 0 amide bonds. The Kier molecular flexibility index (Phi) is 6.99. The second-order valence-corrected chi connectivity index (χ2v) is 5.13. The molecule has 0 aliphatic carbocycles. The lowest BCUT2D eigenvalue weighted by Crippen LogP contribution is -2.24. The topological polar surface area (TPSA) is 21.3 Å². The highest BCUT2D eigenvalue weighted by molar-refractivity contribution is 5.25. The molecule has 0 aliphatic rings. The third-order valence-electron chi connectivity index (χ3n) is 2.94. The van der Waals surface area contributed by atoms with Crippen molar-refractivity contribution in [1.29, 1.82) is 0 Å². The van der Waals surface area contributed by atoms with Crippen molar-refractivity contribution in [3.8, 4) is 0 Å². The monoisotopic (exact) mass is 249 g/mol. The quantitative estimate of drug-likeness (QED) is 0.755. The fourth-order valence-electron chi connectivity index (χ4n) is 2.01. The van der Waals surface area contributed by atoms with E-state index in [1.54, 1.807) is 0 Å². The maximum Gasteiger partial charge on any atom is 0.0518 e. The first-order valence-electron chi connectivity index (χ1n) is 7.05. The van der Waals surface area contributed by atoms with Crippen LogP contribution < -0.4 is 5.32 Å². The van der Waals surface area contributed by atoms with Gasteiger partial charge in [-0.2, -0.15) is 0 Å². The van der Waals surface area contributed by atoms with Gasteiger partial charge in [0, 0.05) is 12.6 Å². The maximum atomic E-state index is 5.66. The summed E-state index contributed by atoms with van der Waals surface area (Å²) >= 11 is 0. The first-order chi connectivity index (χ1) is 8.63. The van der Waals surface area contributed by atoms with Gasteiger partial charge >= 0.3 is 0 Å². The van der Waals surface area contributed by atoms with E-state index in [9.17, 15) is 0 Å². The van der Waals surface area contributed by atoms with Gasteiger partial charge in [-0.05, 0) is 45.7 Å². The van der Waals surface area contributed by atoms with E-state index in [4.69, 9.17) is 4.74 Å². The third kappa shape index (κ3) is 5.65. The Balaban J connectivity index is 2.59. The SMILES string of the molecule is CCCNC(CCOC(C)C)c1cccc(C)c1. The van der Waals surface area contributed by atoms with Gasteiger partial charge in [0.15, 0.2) is 0 Å². The molecular formula is C16H27NO. The molecule has 0 bridgehead atoms. The van der Waals surface area contributed by atoms with E-state index in [1.807, 2.05) is 0 Å². The summed E-state index contributed by atoms with van der Waals surface area (Å²) in [7, 11) is 0. The number of ether oxygens (including phenoxy) is 1. The number of hydrogen-bond donors (Lipinski definition) is 1. The molecule has 1 atom stereocenters. The second-order valence-electron chi connectivity index (χ2n) is 5.13. The van der Waals surface area contributed by atoms with E-state index in [2.05, 4.69) is 57.3 Å². The molecule has 1 aromatic carbocycles. The van der Waals surface area contributed by atoms with Gasteiger partial charge < -0.3 is 10.1 Å². The van der Waals surface area contributed by atoms with Crippen molar-refractivity contribution in [2.45, 2.75) is 52.7 Å². The number of hydrogen-bond acceptors (Lipinski definition) is 2. The van der Waals surface area contributed by atoms with Crippen LogP contribution in [-0.4, -0.2) is 19.3 Å². The average Bonchev–Trinajstić information content (AvgIpc) is 2.33. The Morgan fingerprint density at radius 2 is 2.06 bits per heavy atom. The van der Waals surface area contributed by atoms with E-state index in [1.165, 1.54) is 11.1 Å². The highest BCUT2D eigenvalue weighted by atomic mass is 16.5. The zero-order valence-electron chi connectivity index (χ0n) is 12.2. The lowest BCUT2D eigenvalue weighted by atomic mass is 10.0. The molecule has 1 unspecified atom stereocenters. The van der Waals surface area contributed by atoms with Crippen molar-refractivity contribution < 1.29 is 4.74 Å². The smallest absolute Gasteiger partial charge is 0.0518 e. The molecule has 0 spiro atoms. The number of aryl methyl sites for hydroxylation is 1. The van der Waals surface area contributed by atoms with Gasteiger partial charge in [-0.3, -0.25) is 0 Å². The Hall–Kier alpha value is -0.860. The Labute approximate surface area is 112 Å². The van der Waals surface area contributed by atoms with Gasteiger partial charge in [-0.25, -0.2) is 0 Å². The van der Waals surface area contributed by atoms with Gasteiger partial charge in [0.2, 0.25) is 0 Å². The highest BCUT2D eigenvalue weighted by Crippen LogP contribution is 2.18. The van der Waals surface area contributed by atoms with Crippen LogP contribution in [0.2, 0.25) is 0 Å². The van der Waals surface area contributed by atoms with Gasteiger partial charge in [-0.1, -0.05) is 36.8 Å². The molecule has 0 aliphatic heterocycles. The summed E-state index contributed by atoms with van der Waals surface area (Å²) < 4.78 is 5.66. The van der Waals surface area contributed by atoms with Crippen LogP contribution in [0.15, 0.2) is 24.3 Å². The molecule has 2 nitrogen and oxygen atoms in total. The summed E-state index contributed by atoms with van der Waals surface area (Å²) in [4.78, 5) is 0. The van der Waals surface area contributed by atoms with Gasteiger partial charge in [-0.15, -0.1) is 0 Å². The summed E-state index contributed by atoms with van der Waals surface area (Å²) in [5, 5.41) is 3.61. The van der Waals surface area contributed by atoms with Crippen LogP contribution in [0.3, 0.4) is 0 Å². The lowest BCUT2D eigenvalue weighted by Gasteiger charge is -2.20. The van der Waals surface area contributed by atoms with E-state index < -0.39 is 0 Å². The summed E-state index contributed by atoms with van der Waals surface area (Å²) in [6.07, 6.45) is 2.50. The molecule has 0 saturated carbocycles. The van der Waals surface area contributed by atoms with Crippen molar-refractivity contribution in [3.05, 3.63) is 35.4 Å². The number of benzene rings is 1. The van der Waals surface area contributed by atoms with Crippen LogP contribution in [0, 0.1) is 6.92 Å². The van der Waals surface area contributed by atoms with Crippen LogP contribution in [0.4, 0.5) is 0 Å². The molecule has 0 radical (unpaired) electrons. The minimum absolute atomic E-state index is 0.314. The molecule has 1 aromatic rings. The molecule has 102 valence electrons. The van der Waals surface area contributed by atoms with Crippen molar-refractivity contribution in [3.63, 3.8) is 0 Å². The molecule has 0 aromatic heterocycles. The molecule has 18 heavy (non-hydrogen) atoms. The molecular weight excluding hydrogens is 222 g/mol. The first kappa shape index (κ1) is 15.2. The van der Waals surface area contributed by atoms with Crippen LogP contribution >= 0.6 is 0 Å². The normalized spacial score (nSPS) is 12.9. The van der Waals surface area contributed by atoms with E-state index in [-0.39, 0.29) is 0 Å². The van der Waals surface area contributed by atoms with Crippen LogP contribution in [0.5, 0.6) is 0 Å². The van der Waals surface area contributed by atoms with Crippen LogP contribution in [0.1, 0.15) is 50.8 Å². The van der Waals surface area contributed by atoms with Crippen molar-refractivity contribution in [2.75, 3.05) is 13.2 Å². The number of nitrogens with one attached hydrogen (secondary N) is 1. The lowest BCUT2D eigenvalue weighted by molar-refractivity contribution is 0.0715. The summed E-state index contributed by atoms with van der Waals surface area (Å²) in [6.45, 7) is 10.4. The predicted octanol–water partition coefficient (Wildman–Crippen LogP) is 3.85. The summed E-state index contributed by atoms with van der Waals surface area (Å²) in [6, 6.07) is 9.15. The molecule has 1 N–H and O–H groups in total. The Morgan fingerprint density at radius 1 is 1.28 bits per heavy atom. The Bertz CT molecular complexity index is 336. The predicted molar refractivity (Wildman–Crippen MR) is 77.9 cm³/mol. The van der Waals surface area contributed by atoms with Crippen molar-refractivity contribution in [1.82, 2.24) is 5.32 Å². The zero-order chi connectivity index (χ0) is 13.4. The van der Waals surface area contributed by atoms with Crippen LogP contribution in [0.25, 0.3) is 0 Å². The summed E-state index contributed by atoms with van der Waals surface area (Å²) in [5.74, 6) is 0. The fourth-order valence-corrected chi connectivity index (χ4v) is 2.01. The van der Waals surface area contributed by atoms with Crippen molar-refractivity contribution in [2.24, 2.45) is 0 Å². The standard InChI is InChI=1S/C16H27NO/c1-5-10-17-16(9-11-18-13(2)3)15-8-6-7-14(4)12-15/h6-8,12-13,16-17H,5,9-11H2,1-4H3. The van der Waals surface area contributed by atoms with E-state index >= 15 is 0 Å². The highest BCUT2D eigenvalue weighted by Gasteiger charge is 2.10. The van der Waals surface area contributed by atoms with Gasteiger partial charge in [0.25, 0.3) is 0 Å². The molecule has 0 saturated heterocycles. The summed E-state index contributed by atoms with van der Waals surface area (Å²) in [5.41, 5.74) is 2.69. The van der Waals surface area contributed by atoms with Gasteiger partial charge in [0.1, 0.15) is 0 Å². The molecule has 2 heteroatoms. The van der Waals surface area contributed by atoms with E-state index in [0.717, 1.165) is 26.0 Å². The second kappa shape index (κ2) is 8.28. The average molecular weight is 249 g/mol. The molecule has 0 fully saturated rings. The van der Waals surface area contributed by atoms with Crippen molar-refractivity contribution >= 4 is 0 Å². The van der Waals surface area contributed by atoms with Gasteiger partial charge in [0.05, 0.1) is 6.10 Å². The fraction of sp³-hybridized carbons (Fsp3) is 0.625. The van der Waals surface area contributed by atoms with Crippen LogP contribution in [-0.2, 0) is 4.74 Å². The molecule has 1 rings (SSSR count). The zero-order valence-corrected chi connectivity index (χ0v) is 12.2. The first-order valence-corrected chi connectivity index (χ1v) is 7.05. The minimum Gasteiger partial charge on any atom is -0.379 e. The van der Waals surface area contributed by atoms with E-state index in [0.29, 0.717) is 12.1 Å². The molecule has 0 heterocycles.